The van der Waals surface area contributed by atoms with E-state index in [0.717, 1.165) is 5.56 Å². The van der Waals surface area contributed by atoms with Gasteiger partial charge in [0.15, 0.2) is 6.61 Å². The van der Waals surface area contributed by atoms with Gasteiger partial charge in [0.1, 0.15) is 5.75 Å². The number of amides is 2. The number of rotatable bonds is 7. The number of hydrogen-bond acceptors (Lipinski definition) is 4. The van der Waals surface area contributed by atoms with Crippen molar-refractivity contribution in [3.05, 3.63) is 91.3 Å². The maximum atomic E-state index is 12.2. The summed E-state index contributed by atoms with van der Waals surface area (Å²) in [5.74, 6) is -0.148. The van der Waals surface area contributed by atoms with Crippen molar-refractivity contribution in [2.75, 3.05) is 11.9 Å². The summed E-state index contributed by atoms with van der Waals surface area (Å²) in [5.41, 5.74) is 5.43. The number of hydrogen-bond donors (Lipinski definition) is 2. The molecule has 6 nitrogen and oxygen atoms in total. The van der Waals surface area contributed by atoms with E-state index in [0.29, 0.717) is 36.5 Å². The molecule has 0 fully saturated rings. The average Bonchev–Trinajstić information content (AvgIpc) is 2.75. The van der Waals surface area contributed by atoms with E-state index in [9.17, 15) is 9.59 Å². The van der Waals surface area contributed by atoms with E-state index in [1.165, 1.54) is 6.21 Å². The van der Waals surface area contributed by atoms with Gasteiger partial charge in [-0.15, -0.1) is 0 Å². The summed E-state index contributed by atoms with van der Waals surface area (Å²) in [7, 11) is 0. The number of nitrogens with one attached hydrogen (secondary N) is 2. The van der Waals surface area contributed by atoms with Gasteiger partial charge in [0.05, 0.1) is 15.2 Å². The van der Waals surface area contributed by atoms with Crippen LogP contribution in [0.15, 0.2) is 74.7 Å². The molecular weight excluding hydrogens is 562 g/mol. The van der Waals surface area contributed by atoms with Crippen LogP contribution < -0.4 is 15.5 Å². The number of benzene rings is 3. The molecule has 2 N–H and O–H groups in total. The van der Waals surface area contributed by atoms with Crippen molar-refractivity contribution in [1.82, 2.24) is 5.43 Å². The van der Waals surface area contributed by atoms with Crippen molar-refractivity contribution >= 4 is 67.2 Å². The van der Waals surface area contributed by atoms with Crippen LogP contribution in [0.1, 0.15) is 21.5 Å². The van der Waals surface area contributed by atoms with Gasteiger partial charge in [-0.05, 0) is 92.9 Å². The summed E-state index contributed by atoms with van der Waals surface area (Å²) < 4.78 is 6.91. The number of carbonyl (C=O) groups excluding carboxylic acids is 2. The number of ether oxygens (including phenoxy) is 1. The smallest absolute Gasteiger partial charge is 0.271 e. The number of aryl methyl sites for hydroxylation is 1. The Morgan fingerprint density at radius 3 is 2.28 bits per heavy atom. The minimum absolute atomic E-state index is 0.157. The molecule has 0 saturated carbocycles. The Labute approximate surface area is 207 Å². The molecule has 0 bridgehead atoms. The van der Waals surface area contributed by atoms with Gasteiger partial charge in [0, 0.05) is 16.3 Å². The highest BCUT2D eigenvalue weighted by atomic mass is 79.9. The van der Waals surface area contributed by atoms with E-state index in [4.69, 9.17) is 16.3 Å². The largest absolute Gasteiger partial charge is 0.481 e. The lowest BCUT2D eigenvalue weighted by atomic mass is 10.2. The molecule has 164 valence electrons. The minimum Gasteiger partial charge on any atom is -0.481 e. The van der Waals surface area contributed by atoms with E-state index in [1.807, 2.05) is 31.2 Å². The molecule has 0 atom stereocenters. The summed E-state index contributed by atoms with van der Waals surface area (Å²) in [6.07, 6.45) is 1.50. The average molecular weight is 580 g/mol. The van der Waals surface area contributed by atoms with Gasteiger partial charge < -0.3 is 10.1 Å². The van der Waals surface area contributed by atoms with Gasteiger partial charge in [0.2, 0.25) is 0 Å². The fourth-order valence-electron chi connectivity index (χ4n) is 2.59. The third kappa shape index (κ3) is 6.91. The van der Waals surface area contributed by atoms with Crippen LogP contribution in [0.25, 0.3) is 0 Å². The second-order valence-corrected chi connectivity index (χ2v) is 8.87. The summed E-state index contributed by atoms with van der Waals surface area (Å²) >= 11 is 12.7. The van der Waals surface area contributed by atoms with Crippen LogP contribution in [-0.2, 0) is 4.79 Å². The van der Waals surface area contributed by atoms with Crippen LogP contribution in [0.4, 0.5) is 5.69 Å². The predicted octanol–water partition coefficient (Wildman–Crippen LogP) is 5.95. The second-order valence-electron chi connectivity index (χ2n) is 6.72. The number of nitrogens with zero attached hydrogens (tertiary/aromatic N) is 1. The maximum Gasteiger partial charge on any atom is 0.271 e. The maximum absolute atomic E-state index is 12.2. The molecule has 32 heavy (non-hydrogen) atoms. The number of carbonyl (C=O) groups is 2. The molecule has 0 saturated heterocycles. The van der Waals surface area contributed by atoms with Gasteiger partial charge in [-0.2, -0.15) is 5.10 Å². The summed E-state index contributed by atoms with van der Waals surface area (Å²) in [4.78, 5) is 24.3. The number of hydrazone groups is 1. The molecule has 0 aromatic heterocycles. The van der Waals surface area contributed by atoms with Crippen LogP contribution in [0.2, 0.25) is 5.02 Å². The molecule has 0 radical (unpaired) electrons. The molecule has 3 aromatic carbocycles. The van der Waals surface area contributed by atoms with Crippen molar-refractivity contribution in [3.8, 4) is 5.75 Å². The Hall–Kier alpha value is -2.68. The first kappa shape index (κ1) is 24.0. The first-order valence-electron chi connectivity index (χ1n) is 9.39. The molecular formula is C23H18Br2ClN3O3. The summed E-state index contributed by atoms with van der Waals surface area (Å²) in [5, 5.41) is 7.31. The second kappa shape index (κ2) is 11.3. The third-order valence-corrected chi connectivity index (χ3v) is 5.62. The first-order chi connectivity index (χ1) is 15.3. The van der Waals surface area contributed by atoms with Crippen LogP contribution >= 0.6 is 43.5 Å². The predicted molar refractivity (Wildman–Crippen MR) is 134 cm³/mol. The number of anilines is 1. The number of halogens is 3. The molecule has 0 heterocycles. The van der Waals surface area contributed by atoms with Crippen LogP contribution in [0, 0.1) is 6.92 Å². The molecule has 0 aliphatic rings. The van der Waals surface area contributed by atoms with E-state index >= 15 is 0 Å². The quantitative estimate of drug-likeness (QED) is 0.268. The van der Waals surface area contributed by atoms with Gasteiger partial charge in [-0.3, -0.25) is 9.59 Å². The Morgan fingerprint density at radius 1 is 1.03 bits per heavy atom. The Bertz CT molecular complexity index is 1130. The molecule has 2 amide bonds. The van der Waals surface area contributed by atoms with E-state index < -0.39 is 0 Å². The first-order valence-corrected chi connectivity index (χ1v) is 11.4. The Morgan fingerprint density at radius 2 is 1.66 bits per heavy atom. The van der Waals surface area contributed by atoms with Gasteiger partial charge in [0.25, 0.3) is 11.8 Å². The van der Waals surface area contributed by atoms with Crippen LogP contribution in [0.5, 0.6) is 5.75 Å². The van der Waals surface area contributed by atoms with E-state index in [2.05, 4.69) is 47.7 Å². The lowest BCUT2D eigenvalue weighted by Gasteiger charge is -2.11. The Kier molecular flexibility index (Phi) is 8.44. The molecule has 9 heteroatoms. The summed E-state index contributed by atoms with van der Waals surface area (Å²) in [6.45, 7) is 1.82. The van der Waals surface area contributed by atoms with E-state index in [-0.39, 0.29) is 18.4 Å². The lowest BCUT2D eigenvalue weighted by Crippen LogP contribution is -2.20. The summed E-state index contributed by atoms with van der Waals surface area (Å²) in [6, 6.07) is 17.5. The zero-order chi connectivity index (χ0) is 23.1. The third-order valence-electron chi connectivity index (χ3n) is 4.19. The molecule has 3 aromatic rings. The normalized spacial score (nSPS) is 10.8. The minimum atomic E-state index is -0.351. The van der Waals surface area contributed by atoms with Gasteiger partial charge in [-0.25, -0.2) is 5.43 Å². The molecule has 0 aliphatic heterocycles. The zero-order valence-corrected chi connectivity index (χ0v) is 20.8. The lowest BCUT2D eigenvalue weighted by molar-refractivity contribution is -0.118. The fraction of sp³-hybridized carbons (Fsp3) is 0.0870. The van der Waals surface area contributed by atoms with Gasteiger partial charge in [-0.1, -0.05) is 29.3 Å². The van der Waals surface area contributed by atoms with Crippen LogP contribution in [0.3, 0.4) is 0 Å². The van der Waals surface area contributed by atoms with Crippen molar-refractivity contribution in [2.45, 2.75) is 6.92 Å². The zero-order valence-electron chi connectivity index (χ0n) is 16.9. The molecule has 0 unspecified atom stereocenters. The molecule has 0 spiro atoms. The van der Waals surface area contributed by atoms with E-state index in [1.54, 1.807) is 36.4 Å². The van der Waals surface area contributed by atoms with Crippen LogP contribution in [-0.4, -0.2) is 24.6 Å². The highest BCUT2D eigenvalue weighted by Gasteiger charge is 2.11. The molecule has 3 rings (SSSR count). The SMILES string of the molecule is Cc1ccc(NC(=O)COc2c(Br)cc(/C=N/NC(=O)c3ccc(Cl)cc3)cc2Br)cc1. The Balaban J connectivity index is 1.57. The highest BCUT2D eigenvalue weighted by molar-refractivity contribution is 9.11. The highest BCUT2D eigenvalue weighted by Crippen LogP contribution is 2.34. The van der Waals surface area contributed by atoms with Crippen molar-refractivity contribution in [2.24, 2.45) is 5.10 Å². The monoisotopic (exact) mass is 577 g/mol. The molecule has 0 aliphatic carbocycles. The van der Waals surface area contributed by atoms with Crippen molar-refractivity contribution < 1.29 is 14.3 Å². The standard InChI is InChI=1S/C23H18Br2ClN3O3/c1-14-2-8-18(9-3-14)28-21(30)13-32-22-19(24)10-15(11-20(22)25)12-27-29-23(31)16-4-6-17(26)7-5-16/h2-12H,13H2,1H3,(H,28,30)(H,29,31)/b27-12+. The van der Waals surface area contributed by atoms with Crippen molar-refractivity contribution in [3.63, 3.8) is 0 Å². The fourth-order valence-corrected chi connectivity index (χ4v) is 4.17. The van der Waals surface area contributed by atoms with Gasteiger partial charge >= 0.3 is 0 Å². The topological polar surface area (TPSA) is 79.8 Å². The van der Waals surface area contributed by atoms with Crippen molar-refractivity contribution in [1.29, 1.82) is 0 Å².